The van der Waals surface area contributed by atoms with E-state index in [9.17, 15) is 24.1 Å². The molecule has 7 nitrogen and oxygen atoms in total. The number of rotatable bonds is 4. The Balaban J connectivity index is 1.76. The molecule has 2 amide bonds. The average Bonchev–Trinajstić information content (AvgIpc) is 3.20. The molecule has 0 aromatic heterocycles. The van der Waals surface area contributed by atoms with Crippen molar-refractivity contribution in [2.75, 3.05) is 5.32 Å². The van der Waals surface area contributed by atoms with E-state index in [-0.39, 0.29) is 35.7 Å². The molecule has 1 saturated heterocycles. The zero-order valence-corrected chi connectivity index (χ0v) is 10.9. The van der Waals surface area contributed by atoms with Crippen molar-refractivity contribution < 1.29 is 18.9 Å². The summed E-state index contributed by atoms with van der Waals surface area (Å²) in [4.78, 5) is 35.0. The fraction of sp³-hybridized carbons (Fsp3) is 0.385. The minimum absolute atomic E-state index is 0.0153. The second-order valence-electron chi connectivity index (χ2n) is 5.16. The number of amides is 2. The number of likely N-dealkylation sites (tertiary alicyclic amines) is 1. The number of carbonyl (C=O) groups excluding carboxylic acids is 2. The van der Waals surface area contributed by atoms with Crippen molar-refractivity contribution >= 4 is 23.2 Å². The molecule has 1 N–H and O–H groups in total. The molecular weight excluding hydrogens is 281 g/mol. The van der Waals surface area contributed by atoms with Gasteiger partial charge in [0.05, 0.1) is 23.1 Å². The third-order valence-corrected chi connectivity index (χ3v) is 3.59. The van der Waals surface area contributed by atoms with Crippen LogP contribution in [-0.2, 0) is 9.59 Å². The second kappa shape index (κ2) is 4.80. The van der Waals surface area contributed by atoms with Crippen molar-refractivity contribution in [1.82, 2.24) is 4.90 Å². The van der Waals surface area contributed by atoms with E-state index in [1.54, 1.807) is 0 Å². The first-order valence-electron chi connectivity index (χ1n) is 6.54. The monoisotopic (exact) mass is 293 g/mol. The summed E-state index contributed by atoms with van der Waals surface area (Å²) >= 11 is 0. The molecule has 1 unspecified atom stereocenters. The topological polar surface area (TPSA) is 92.5 Å². The highest BCUT2D eigenvalue weighted by Crippen LogP contribution is 2.32. The van der Waals surface area contributed by atoms with E-state index in [1.165, 1.54) is 11.0 Å². The van der Waals surface area contributed by atoms with Crippen LogP contribution in [0.5, 0.6) is 0 Å². The maximum atomic E-state index is 13.8. The number of non-ortho nitro benzene ring substituents is 1. The summed E-state index contributed by atoms with van der Waals surface area (Å²) in [5.74, 6) is -1.45. The van der Waals surface area contributed by atoms with E-state index in [2.05, 4.69) is 5.32 Å². The third-order valence-electron chi connectivity index (χ3n) is 3.59. The Bertz CT molecular complexity index is 644. The van der Waals surface area contributed by atoms with Crippen molar-refractivity contribution in [3.05, 3.63) is 34.1 Å². The molecule has 1 aliphatic heterocycles. The summed E-state index contributed by atoms with van der Waals surface area (Å²) < 4.78 is 13.8. The first-order valence-corrected chi connectivity index (χ1v) is 6.54. The molecule has 2 aliphatic rings. The van der Waals surface area contributed by atoms with Gasteiger partial charge in [-0.25, -0.2) is 4.39 Å². The number of benzene rings is 1. The summed E-state index contributed by atoms with van der Waals surface area (Å²) in [5, 5.41) is 13.2. The summed E-state index contributed by atoms with van der Waals surface area (Å²) in [5.41, 5.74) is -0.393. The molecule has 2 fully saturated rings. The van der Waals surface area contributed by atoms with Crippen LogP contribution in [0.1, 0.15) is 19.3 Å². The number of halogens is 1. The van der Waals surface area contributed by atoms with Gasteiger partial charge >= 0.3 is 0 Å². The van der Waals surface area contributed by atoms with Crippen LogP contribution in [0, 0.1) is 15.9 Å². The Morgan fingerprint density at radius 2 is 2.05 bits per heavy atom. The molecule has 0 radical (unpaired) electrons. The highest BCUT2D eigenvalue weighted by atomic mass is 19.1. The van der Waals surface area contributed by atoms with E-state index in [0.29, 0.717) is 0 Å². The number of hydrogen-bond acceptors (Lipinski definition) is 5. The van der Waals surface area contributed by atoms with Gasteiger partial charge in [-0.2, -0.15) is 0 Å². The first-order chi connectivity index (χ1) is 9.97. The maximum Gasteiger partial charge on any atom is 0.272 e. The molecule has 1 saturated carbocycles. The molecule has 8 heteroatoms. The second-order valence-corrected chi connectivity index (χ2v) is 5.16. The molecule has 1 aromatic rings. The zero-order chi connectivity index (χ0) is 15.1. The van der Waals surface area contributed by atoms with Gasteiger partial charge in [-0.05, 0) is 18.9 Å². The van der Waals surface area contributed by atoms with E-state index >= 15 is 0 Å². The molecule has 21 heavy (non-hydrogen) atoms. The quantitative estimate of drug-likeness (QED) is 0.515. The molecule has 0 spiro atoms. The van der Waals surface area contributed by atoms with Crippen LogP contribution in [0.15, 0.2) is 18.2 Å². The molecule has 1 atom stereocenters. The van der Waals surface area contributed by atoms with Crippen LogP contribution in [-0.4, -0.2) is 33.7 Å². The van der Waals surface area contributed by atoms with E-state index in [0.717, 1.165) is 25.0 Å². The number of nitro benzene ring substituents is 1. The molecule has 1 aliphatic carbocycles. The number of nitrogens with zero attached hydrogens (tertiary/aromatic N) is 2. The van der Waals surface area contributed by atoms with E-state index < -0.39 is 16.8 Å². The molecule has 110 valence electrons. The van der Waals surface area contributed by atoms with Gasteiger partial charge in [-0.3, -0.25) is 24.6 Å². The number of anilines is 1. The van der Waals surface area contributed by atoms with Crippen molar-refractivity contribution in [2.45, 2.75) is 31.3 Å². The summed E-state index contributed by atoms with van der Waals surface area (Å²) in [7, 11) is 0. The summed E-state index contributed by atoms with van der Waals surface area (Å²) in [6, 6.07) is 2.30. The van der Waals surface area contributed by atoms with Crippen molar-refractivity contribution in [3.63, 3.8) is 0 Å². The van der Waals surface area contributed by atoms with E-state index in [1.807, 2.05) is 0 Å². The lowest BCUT2D eigenvalue weighted by Gasteiger charge is -2.15. The predicted octanol–water partition coefficient (Wildman–Crippen LogP) is 1.44. The zero-order valence-electron chi connectivity index (χ0n) is 10.9. The third kappa shape index (κ3) is 2.44. The van der Waals surface area contributed by atoms with Gasteiger partial charge in [0.2, 0.25) is 5.91 Å². The van der Waals surface area contributed by atoms with Gasteiger partial charge in [-0.1, -0.05) is 0 Å². The minimum Gasteiger partial charge on any atom is -0.371 e. The number of hydrogen-bond donors (Lipinski definition) is 1. The van der Waals surface area contributed by atoms with Crippen molar-refractivity contribution in [3.8, 4) is 0 Å². The average molecular weight is 293 g/mol. The van der Waals surface area contributed by atoms with Gasteiger partial charge < -0.3 is 5.32 Å². The Labute approximate surface area is 118 Å². The maximum absolute atomic E-state index is 13.8. The van der Waals surface area contributed by atoms with Gasteiger partial charge in [0.25, 0.3) is 11.6 Å². The van der Waals surface area contributed by atoms with Crippen molar-refractivity contribution in [2.24, 2.45) is 0 Å². The molecular formula is C13H12FN3O4. The lowest BCUT2D eigenvalue weighted by atomic mass is 10.2. The first kappa shape index (κ1) is 13.5. The van der Waals surface area contributed by atoms with Crippen LogP contribution in [0.25, 0.3) is 0 Å². The number of nitrogens with one attached hydrogen (secondary N) is 1. The summed E-state index contributed by atoms with van der Waals surface area (Å²) in [6.45, 7) is 0. The van der Waals surface area contributed by atoms with Gasteiger partial charge in [-0.15, -0.1) is 0 Å². The predicted molar refractivity (Wildman–Crippen MR) is 70.0 cm³/mol. The van der Waals surface area contributed by atoms with Crippen LogP contribution < -0.4 is 5.32 Å². The highest BCUT2D eigenvalue weighted by molar-refractivity contribution is 6.07. The van der Waals surface area contributed by atoms with Crippen LogP contribution in [0.3, 0.4) is 0 Å². The fourth-order valence-corrected chi connectivity index (χ4v) is 2.40. The van der Waals surface area contributed by atoms with Gasteiger partial charge in [0, 0.05) is 12.1 Å². The Kier molecular flexibility index (Phi) is 3.08. The minimum atomic E-state index is -0.825. The normalized spacial score (nSPS) is 21.8. The van der Waals surface area contributed by atoms with Gasteiger partial charge in [0.1, 0.15) is 6.04 Å². The number of nitro groups is 1. The highest BCUT2D eigenvalue weighted by Gasteiger charge is 2.46. The van der Waals surface area contributed by atoms with E-state index in [4.69, 9.17) is 0 Å². The Morgan fingerprint density at radius 1 is 1.33 bits per heavy atom. The number of imide groups is 1. The smallest absolute Gasteiger partial charge is 0.272 e. The summed E-state index contributed by atoms with van der Waals surface area (Å²) in [6.07, 6.45) is 1.61. The van der Waals surface area contributed by atoms with Crippen LogP contribution >= 0.6 is 0 Å². The van der Waals surface area contributed by atoms with Crippen LogP contribution in [0.2, 0.25) is 0 Å². The number of carbonyl (C=O) groups is 2. The fourth-order valence-electron chi connectivity index (χ4n) is 2.40. The largest absolute Gasteiger partial charge is 0.371 e. The van der Waals surface area contributed by atoms with Gasteiger partial charge in [0.15, 0.2) is 5.82 Å². The molecule has 1 heterocycles. The van der Waals surface area contributed by atoms with Crippen LogP contribution in [0.4, 0.5) is 15.8 Å². The Morgan fingerprint density at radius 3 is 2.62 bits per heavy atom. The SMILES string of the molecule is O=C1CC(Nc2ccc([N+](=O)[O-])cc2F)C(=O)N1C1CC1. The molecule has 3 rings (SSSR count). The molecule has 1 aromatic carbocycles. The Hall–Kier alpha value is -2.51. The van der Waals surface area contributed by atoms with Crippen molar-refractivity contribution in [1.29, 1.82) is 0 Å². The lowest BCUT2D eigenvalue weighted by molar-refractivity contribution is -0.385. The molecule has 0 bridgehead atoms. The lowest BCUT2D eigenvalue weighted by Crippen LogP contribution is -2.36. The standard InChI is InChI=1S/C13H12FN3O4/c14-9-5-8(17(20)21)3-4-10(9)15-11-6-12(18)16(13(11)19)7-1-2-7/h3-5,7,11,15H,1-2,6H2.